The zero-order valence-electron chi connectivity index (χ0n) is 43.6. The van der Waals surface area contributed by atoms with Gasteiger partial charge in [0.25, 0.3) is 0 Å². The zero-order chi connectivity index (χ0) is 52.4. The molecule has 2 aliphatic rings. The number of carbonyl (C=O) groups excluding carboxylic acids is 2. The second-order valence-electron chi connectivity index (χ2n) is 18.7. The summed E-state index contributed by atoms with van der Waals surface area (Å²) in [7, 11) is 0. The number of carbonyl (C=O) groups is 2. The average molecular weight is 1020 g/mol. The van der Waals surface area contributed by atoms with Crippen molar-refractivity contribution in [3.8, 4) is 0 Å². The molecule has 15 heteroatoms. The van der Waals surface area contributed by atoms with Crippen LogP contribution in [0, 0.1) is 0 Å². The molecule has 0 saturated carbocycles. The van der Waals surface area contributed by atoms with Gasteiger partial charge in [-0.2, -0.15) is 0 Å². The van der Waals surface area contributed by atoms with Crippen molar-refractivity contribution in [3.63, 3.8) is 0 Å². The normalized spacial score (nSPS) is 25.7. The summed E-state index contributed by atoms with van der Waals surface area (Å²) in [5, 5.41) is 72.2. The first-order chi connectivity index (χ1) is 35.0. The Morgan fingerprint density at radius 2 is 0.889 bits per heavy atom. The van der Waals surface area contributed by atoms with Gasteiger partial charge in [0.15, 0.2) is 18.7 Å². The number of unbranched alkanes of at least 4 members (excludes halogenated alkanes) is 13. The molecule has 2 fully saturated rings. The third-order valence-electron chi connectivity index (χ3n) is 12.4. The maximum absolute atomic E-state index is 13.0. The van der Waals surface area contributed by atoms with Crippen LogP contribution in [0.5, 0.6) is 0 Å². The van der Waals surface area contributed by atoms with Gasteiger partial charge in [0, 0.05) is 12.8 Å². The summed E-state index contributed by atoms with van der Waals surface area (Å²) in [4.78, 5) is 25.8. The molecule has 0 aromatic carbocycles. The van der Waals surface area contributed by atoms with Crippen LogP contribution in [0.4, 0.5) is 0 Å². The second kappa shape index (κ2) is 43.0. The van der Waals surface area contributed by atoms with Crippen molar-refractivity contribution in [2.45, 2.75) is 235 Å². The highest BCUT2D eigenvalue weighted by molar-refractivity contribution is 5.70. The van der Waals surface area contributed by atoms with Gasteiger partial charge in [0.1, 0.15) is 55.4 Å². The maximum Gasteiger partial charge on any atom is 0.306 e. The first-order valence-electron chi connectivity index (χ1n) is 27.2. The van der Waals surface area contributed by atoms with Crippen molar-refractivity contribution >= 4 is 11.9 Å². The van der Waals surface area contributed by atoms with E-state index < -0.39 is 99.3 Å². The minimum atomic E-state index is -1.78. The van der Waals surface area contributed by atoms with E-state index in [1.807, 2.05) is 12.2 Å². The van der Waals surface area contributed by atoms with E-state index in [1.54, 1.807) is 0 Å². The van der Waals surface area contributed by atoms with Gasteiger partial charge < -0.3 is 64.2 Å². The van der Waals surface area contributed by atoms with Gasteiger partial charge in [-0.25, -0.2) is 0 Å². The lowest BCUT2D eigenvalue weighted by atomic mass is 9.98. The van der Waals surface area contributed by atoms with Crippen LogP contribution in [0.1, 0.15) is 168 Å². The fourth-order valence-corrected chi connectivity index (χ4v) is 7.93. The Hall–Kier alpha value is -3.32. The molecule has 2 saturated heterocycles. The Morgan fingerprint density at radius 3 is 1.42 bits per heavy atom. The van der Waals surface area contributed by atoms with Gasteiger partial charge >= 0.3 is 11.9 Å². The van der Waals surface area contributed by atoms with Crippen LogP contribution >= 0.6 is 0 Å². The van der Waals surface area contributed by atoms with E-state index in [1.165, 1.54) is 51.4 Å². The number of hydrogen-bond acceptors (Lipinski definition) is 15. The molecule has 11 atom stereocenters. The molecular formula is C57H94O15. The monoisotopic (exact) mass is 1020 g/mol. The van der Waals surface area contributed by atoms with Crippen LogP contribution in [0.25, 0.3) is 0 Å². The number of aliphatic hydroxyl groups excluding tert-OH is 7. The number of ether oxygens (including phenoxy) is 6. The fraction of sp³-hybridized carbons (Fsp3) is 0.719. The molecule has 2 aliphatic heterocycles. The predicted molar refractivity (Wildman–Crippen MR) is 279 cm³/mol. The first-order valence-corrected chi connectivity index (χ1v) is 27.2. The van der Waals surface area contributed by atoms with Crippen molar-refractivity contribution in [1.29, 1.82) is 0 Å². The lowest BCUT2D eigenvalue weighted by molar-refractivity contribution is -0.332. The summed E-state index contributed by atoms with van der Waals surface area (Å²) in [6.45, 7) is 2.38. The van der Waals surface area contributed by atoms with E-state index in [4.69, 9.17) is 28.4 Å². The van der Waals surface area contributed by atoms with E-state index in [-0.39, 0.29) is 19.4 Å². The quantitative estimate of drug-likeness (QED) is 0.0173. The van der Waals surface area contributed by atoms with E-state index in [9.17, 15) is 45.3 Å². The van der Waals surface area contributed by atoms with E-state index in [0.29, 0.717) is 19.3 Å². The summed E-state index contributed by atoms with van der Waals surface area (Å²) in [5.74, 6) is -1.00. The number of hydrogen-bond donors (Lipinski definition) is 7. The van der Waals surface area contributed by atoms with Gasteiger partial charge in [-0.3, -0.25) is 9.59 Å². The molecule has 0 aliphatic carbocycles. The van der Waals surface area contributed by atoms with Crippen molar-refractivity contribution in [2.24, 2.45) is 0 Å². The third kappa shape index (κ3) is 30.1. The van der Waals surface area contributed by atoms with Crippen LogP contribution < -0.4 is 0 Å². The Labute approximate surface area is 431 Å². The van der Waals surface area contributed by atoms with E-state index in [0.717, 1.165) is 70.6 Å². The van der Waals surface area contributed by atoms with Crippen molar-refractivity contribution in [2.75, 3.05) is 26.4 Å². The third-order valence-corrected chi connectivity index (χ3v) is 12.4. The molecule has 412 valence electrons. The van der Waals surface area contributed by atoms with Gasteiger partial charge in [-0.1, -0.05) is 157 Å². The largest absolute Gasteiger partial charge is 0.462 e. The first kappa shape index (κ1) is 64.8. The van der Waals surface area contributed by atoms with Crippen LogP contribution in [-0.4, -0.2) is 142 Å². The lowest BCUT2D eigenvalue weighted by Crippen LogP contribution is -2.61. The van der Waals surface area contributed by atoms with Crippen LogP contribution in [0.15, 0.2) is 85.1 Å². The number of aliphatic hydroxyl groups is 7. The summed E-state index contributed by atoms with van der Waals surface area (Å²) in [6, 6.07) is 0. The maximum atomic E-state index is 13.0. The number of rotatable bonds is 41. The highest BCUT2D eigenvalue weighted by Crippen LogP contribution is 2.26. The molecule has 0 aromatic rings. The predicted octanol–water partition coefficient (Wildman–Crippen LogP) is 8.38. The highest BCUT2D eigenvalue weighted by Gasteiger charge is 2.47. The lowest BCUT2D eigenvalue weighted by Gasteiger charge is -2.42. The molecule has 0 spiro atoms. The zero-order valence-corrected chi connectivity index (χ0v) is 43.6. The molecule has 15 nitrogen and oxygen atoms in total. The molecule has 4 unspecified atom stereocenters. The van der Waals surface area contributed by atoms with Crippen LogP contribution in [-0.2, 0) is 38.0 Å². The Bertz CT molecular complexity index is 1570. The summed E-state index contributed by atoms with van der Waals surface area (Å²) < 4.78 is 33.6. The van der Waals surface area contributed by atoms with Crippen LogP contribution in [0.2, 0.25) is 0 Å². The molecule has 2 rings (SSSR count). The van der Waals surface area contributed by atoms with E-state index >= 15 is 0 Å². The average Bonchev–Trinajstić information content (AvgIpc) is 3.37. The van der Waals surface area contributed by atoms with Gasteiger partial charge in [0.05, 0.1) is 19.8 Å². The van der Waals surface area contributed by atoms with Gasteiger partial charge in [0.2, 0.25) is 0 Å². The fourth-order valence-electron chi connectivity index (χ4n) is 7.93. The molecule has 0 amide bonds. The van der Waals surface area contributed by atoms with Crippen molar-refractivity contribution in [1.82, 2.24) is 0 Å². The molecule has 0 aromatic heterocycles. The Kier molecular flexibility index (Phi) is 38.7. The topological polar surface area (TPSA) is 231 Å². The molecule has 0 bridgehead atoms. The molecule has 7 N–H and O–H groups in total. The Morgan fingerprint density at radius 1 is 0.458 bits per heavy atom. The standard InChI is InChI=1S/C57H94O15/c1-3-5-7-9-11-13-15-17-19-21-22-24-26-28-30-32-34-36-38-40-49(60)70-45(42-67-48(59)39-37-35-33-31-29-27-25-23-20-18-16-14-12-10-8-6-4-2)43-68-56-55(66)53(64)51(62)47(72-56)44-69-57-54(65)52(63)50(61)46(41-58)71-57/h6,8,11-14,17-20,25,27,31,33,45-47,50-58,61-66H,3-5,7,9-10,15-16,21-24,26,28-30,32,34-44H2,1-2H3/b8-6+,13-11+,14-12+,19-17+,20-18+,27-25+,33-31+/t45-,46+,47+,50-,51-,52?,53?,54?,55?,56+,57+/m1/s1. The Balaban J connectivity index is 1.81. The molecule has 0 radical (unpaired) electrons. The minimum absolute atomic E-state index is 0.134. The summed E-state index contributed by atoms with van der Waals surface area (Å²) in [6.07, 6.45) is 36.1. The van der Waals surface area contributed by atoms with E-state index in [2.05, 4.69) is 86.8 Å². The van der Waals surface area contributed by atoms with Gasteiger partial charge in [-0.05, 0) is 83.5 Å². The minimum Gasteiger partial charge on any atom is -0.462 e. The van der Waals surface area contributed by atoms with Crippen molar-refractivity contribution in [3.05, 3.63) is 85.1 Å². The number of esters is 2. The second-order valence-corrected chi connectivity index (χ2v) is 18.7. The molecular weight excluding hydrogens is 925 g/mol. The smallest absolute Gasteiger partial charge is 0.306 e. The SMILES string of the molecule is CC/C=C/C/C=C/C/C=C/C/C=C/C/C=C/CCCC(=O)OC[C@H](CO[C@H]1O[C@@H](CO[C@H]2O[C@@H](CO)[C@@H](O)C(O)C2O)[C@@H](O)C(O)C1O)OC(=O)CCCCCCCCCCC/C=C/C/C=C/CCCCC. The highest BCUT2D eigenvalue weighted by atomic mass is 16.7. The number of allylic oxidation sites excluding steroid dienone is 14. The molecule has 72 heavy (non-hydrogen) atoms. The summed E-state index contributed by atoms with van der Waals surface area (Å²) in [5.41, 5.74) is 0. The molecule has 2 heterocycles. The van der Waals surface area contributed by atoms with Crippen molar-refractivity contribution < 1.29 is 73.8 Å². The van der Waals surface area contributed by atoms with Crippen LogP contribution in [0.3, 0.4) is 0 Å². The summed E-state index contributed by atoms with van der Waals surface area (Å²) >= 11 is 0. The van der Waals surface area contributed by atoms with Gasteiger partial charge in [-0.15, -0.1) is 0 Å².